The van der Waals surface area contributed by atoms with Crippen LogP contribution in [0.2, 0.25) is 0 Å². The van der Waals surface area contributed by atoms with Crippen molar-refractivity contribution < 1.29 is 18.3 Å². The van der Waals surface area contributed by atoms with Crippen LogP contribution in [0, 0.1) is 11.6 Å². The molecule has 110 valence electrons. The molecule has 0 atom stereocenters. The smallest absolute Gasteiger partial charge is 0.412 e. The number of nitrogens with one attached hydrogen (secondary N) is 2. The molecule has 0 unspecified atom stereocenters. The Morgan fingerprint density at radius 1 is 1.19 bits per heavy atom. The highest BCUT2D eigenvalue weighted by Gasteiger charge is 2.05. The van der Waals surface area contributed by atoms with E-state index in [1.807, 2.05) is 0 Å². The first kappa shape index (κ1) is 14.7. The zero-order valence-corrected chi connectivity index (χ0v) is 11.2. The second-order valence-corrected chi connectivity index (χ2v) is 4.03. The highest BCUT2D eigenvalue weighted by Crippen LogP contribution is 2.19. The zero-order chi connectivity index (χ0) is 15.2. The minimum Gasteiger partial charge on any atom is -0.450 e. The third kappa shape index (κ3) is 4.13. The Labute approximate surface area is 120 Å². The molecule has 7 heteroatoms. The van der Waals surface area contributed by atoms with Gasteiger partial charge in [0, 0.05) is 11.8 Å². The van der Waals surface area contributed by atoms with Gasteiger partial charge >= 0.3 is 6.09 Å². The molecular weight excluding hydrogens is 280 g/mol. The fraction of sp³-hybridized carbons (Fsp3) is 0.143. The van der Waals surface area contributed by atoms with Crippen LogP contribution >= 0.6 is 0 Å². The summed E-state index contributed by atoms with van der Waals surface area (Å²) in [5.41, 5.74) is 0.956. The number of hydrogen-bond donors (Lipinski definition) is 2. The molecule has 0 spiro atoms. The predicted octanol–water partition coefficient (Wildman–Crippen LogP) is 3.67. The molecule has 0 radical (unpaired) electrons. The Morgan fingerprint density at radius 2 is 1.95 bits per heavy atom. The fourth-order valence-electron chi connectivity index (χ4n) is 1.55. The Bertz CT molecular complexity index is 633. The van der Waals surface area contributed by atoms with Gasteiger partial charge in [-0.25, -0.2) is 18.6 Å². The molecule has 0 bridgehead atoms. The third-order valence-corrected chi connectivity index (χ3v) is 2.48. The standard InChI is InChI=1S/C14H13F2N3O2/c1-2-21-14(20)19-13-6-4-10(8-17-13)18-9-3-5-11(15)12(16)7-9/h3-8,18H,2H2,1H3,(H,17,19,20). The van der Waals surface area contributed by atoms with E-state index in [-0.39, 0.29) is 6.61 Å². The van der Waals surface area contributed by atoms with Crippen molar-refractivity contribution in [3.63, 3.8) is 0 Å². The highest BCUT2D eigenvalue weighted by atomic mass is 19.2. The molecule has 2 N–H and O–H groups in total. The first-order chi connectivity index (χ1) is 10.1. The van der Waals surface area contributed by atoms with E-state index in [1.54, 1.807) is 19.1 Å². The molecule has 0 saturated carbocycles. The van der Waals surface area contributed by atoms with Crippen molar-refractivity contribution in [2.75, 3.05) is 17.2 Å². The molecule has 0 aliphatic heterocycles. The number of carbonyl (C=O) groups is 1. The van der Waals surface area contributed by atoms with Gasteiger partial charge in [-0.05, 0) is 31.2 Å². The van der Waals surface area contributed by atoms with E-state index in [2.05, 4.69) is 15.6 Å². The molecule has 2 aromatic rings. The molecule has 1 amide bonds. The van der Waals surface area contributed by atoms with Gasteiger partial charge < -0.3 is 10.1 Å². The Hall–Kier alpha value is -2.70. The number of benzene rings is 1. The van der Waals surface area contributed by atoms with Gasteiger partial charge in [0.1, 0.15) is 5.82 Å². The predicted molar refractivity (Wildman–Crippen MR) is 74.5 cm³/mol. The molecule has 2 rings (SSSR count). The summed E-state index contributed by atoms with van der Waals surface area (Å²) in [6.07, 6.45) is 0.856. The maximum Gasteiger partial charge on any atom is 0.412 e. The highest BCUT2D eigenvalue weighted by molar-refractivity contribution is 5.83. The number of hydrogen-bond acceptors (Lipinski definition) is 4. The van der Waals surface area contributed by atoms with Crippen LogP contribution in [-0.2, 0) is 4.74 Å². The normalized spacial score (nSPS) is 10.0. The van der Waals surface area contributed by atoms with Crippen LogP contribution in [0.5, 0.6) is 0 Å². The molecule has 0 saturated heterocycles. The van der Waals surface area contributed by atoms with Crippen LogP contribution in [0.15, 0.2) is 36.5 Å². The maximum atomic E-state index is 13.1. The first-order valence-corrected chi connectivity index (χ1v) is 6.20. The average Bonchev–Trinajstić information content (AvgIpc) is 2.45. The largest absolute Gasteiger partial charge is 0.450 e. The summed E-state index contributed by atoms with van der Waals surface area (Å²) in [6.45, 7) is 1.96. The fourth-order valence-corrected chi connectivity index (χ4v) is 1.55. The quantitative estimate of drug-likeness (QED) is 0.902. The summed E-state index contributed by atoms with van der Waals surface area (Å²) in [6, 6.07) is 6.67. The SMILES string of the molecule is CCOC(=O)Nc1ccc(Nc2ccc(F)c(F)c2)cn1. The van der Waals surface area contributed by atoms with Crippen LogP contribution < -0.4 is 10.6 Å². The van der Waals surface area contributed by atoms with Crippen molar-refractivity contribution in [2.24, 2.45) is 0 Å². The van der Waals surface area contributed by atoms with E-state index in [9.17, 15) is 13.6 Å². The van der Waals surface area contributed by atoms with E-state index >= 15 is 0 Å². The van der Waals surface area contributed by atoms with Gasteiger partial charge in [-0.2, -0.15) is 0 Å². The number of pyridine rings is 1. The molecule has 1 heterocycles. The summed E-state index contributed by atoms with van der Waals surface area (Å²) in [4.78, 5) is 15.2. The summed E-state index contributed by atoms with van der Waals surface area (Å²) in [7, 11) is 0. The minimum absolute atomic E-state index is 0.265. The number of anilines is 3. The molecule has 1 aromatic carbocycles. The van der Waals surface area contributed by atoms with E-state index in [4.69, 9.17) is 4.74 Å². The summed E-state index contributed by atoms with van der Waals surface area (Å²) >= 11 is 0. The molecule has 1 aromatic heterocycles. The van der Waals surface area contributed by atoms with Crippen molar-refractivity contribution in [2.45, 2.75) is 6.92 Å². The Morgan fingerprint density at radius 3 is 2.57 bits per heavy atom. The lowest BCUT2D eigenvalue weighted by molar-refractivity contribution is 0.168. The molecule has 5 nitrogen and oxygen atoms in total. The summed E-state index contributed by atoms with van der Waals surface area (Å²) in [5.74, 6) is -1.52. The molecule has 0 aliphatic carbocycles. The van der Waals surface area contributed by atoms with E-state index in [1.165, 1.54) is 12.3 Å². The summed E-state index contributed by atoms with van der Waals surface area (Å²) in [5, 5.41) is 5.31. The van der Waals surface area contributed by atoms with Gasteiger partial charge in [0.15, 0.2) is 11.6 Å². The van der Waals surface area contributed by atoms with E-state index < -0.39 is 17.7 Å². The van der Waals surface area contributed by atoms with Gasteiger partial charge in [-0.3, -0.25) is 5.32 Å². The van der Waals surface area contributed by atoms with Crippen molar-refractivity contribution in [3.8, 4) is 0 Å². The van der Waals surface area contributed by atoms with Crippen LogP contribution in [0.3, 0.4) is 0 Å². The third-order valence-electron chi connectivity index (χ3n) is 2.48. The second-order valence-electron chi connectivity index (χ2n) is 4.03. The molecule has 0 aliphatic rings. The number of carbonyl (C=O) groups excluding carboxylic acids is 1. The number of ether oxygens (including phenoxy) is 1. The number of amides is 1. The van der Waals surface area contributed by atoms with Gasteiger partial charge in [0.05, 0.1) is 18.5 Å². The monoisotopic (exact) mass is 293 g/mol. The second kappa shape index (κ2) is 6.65. The minimum atomic E-state index is -0.937. The van der Waals surface area contributed by atoms with Crippen molar-refractivity contribution in [3.05, 3.63) is 48.2 Å². The van der Waals surface area contributed by atoms with Crippen LogP contribution in [-0.4, -0.2) is 17.7 Å². The van der Waals surface area contributed by atoms with Gasteiger partial charge in [0.2, 0.25) is 0 Å². The maximum absolute atomic E-state index is 13.1. The zero-order valence-electron chi connectivity index (χ0n) is 11.2. The van der Waals surface area contributed by atoms with E-state index in [0.29, 0.717) is 17.2 Å². The van der Waals surface area contributed by atoms with Crippen LogP contribution in [0.25, 0.3) is 0 Å². The van der Waals surface area contributed by atoms with Gasteiger partial charge in [-0.1, -0.05) is 0 Å². The molecule has 0 fully saturated rings. The molecule has 21 heavy (non-hydrogen) atoms. The van der Waals surface area contributed by atoms with Gasteiger partial charge in [-0.15, -0.1) is 0 Å². The first-order valence-electron chi connectivity index (χ1n) is 6.20. The van der Waals surface area contributed by atoms with Gasteiger partial charge in [0.25, 0.3) is 0 Å². The lowest BCUT2D eigenvalue weighted by atomic mass is 10.3. The number of aromatic nitrogens is 1. The van der Waals surface area contributed by atoms with E-state index in [0.717, 1.165) is 12.1 Å². The number of nitrogens with zero attached hydrogens (tertiary/aromatic N) is 1. The topological polar surface area (TPSA) is 63.2 Å². The van der Waals surface area contributed by atoms with Crippen molar-refractivity contribution in [1.29, 1.82) is 0 Å². The van der Waals surface area contributed by atoms with Crippen LogP contribution in [0.1, 0.15) is 6.92 Å². The Kier molecular flexibility index (Phi) is 4.65. The van der Waals surface area contributed by atoms with Crippen molar-refractivity contribution in [1.82, 2.24) is 4.98 Å². The van der Waals surface area contributed by atoms with Crippen molar-refractivity contribution >= 4 is 23.3 Å². The average molecular weight is 293 g/mol. The lowest BCUT2D eigenvalue weighted by Crippen LogP contribution is -2.14. The number of halogens is 2. The summed E-state index contributed by atoms with van der Waals surface area (Å²) < 4.78 is 30.6. The molecular formula is C14H13F2N3O2. The lowest BCUT2D eigenvalue weighted by Gasteiger charge is -2.08. The Balaban J connectivity index is 2.01. The van der Waals surface area contributed by atoms with Crippen LogP contribution in [0.4, 0.5) is 30.8 Å². The number of rotatable bonds is 4.